The first-order valence-corrected chi connectivity index (χ1v) is 4.05. The second kappa shape index (κ2) is 3.59. The van der Waals surface area contributed by atoms with Crippen molar-refractivity contribution in [3.63, 3.8) is 0 Å². The van der Waals surface area contributed by atoms with Crippen molar-refractivity contribution in [2.24, 2.45) is 5.73 Å². The monoisotopic (exact) mass is 165 g/mol. The Hall–Kier alpha value is -1.02. The highest BCUT2D eigenvalue weighted by Gasteiger charge is 2.04. The highest BCUT2D eigenvalue weighted by atomic mass is 16.3. The first-order chi connectivity index (χ1) is 5.59. The number of furan rings is 1. The molecule has 1 unspecified atom stereocenters. The van der Waals surface area contributed by atoms with Crippen molar-refractivity contribution in [1.82, 2.24) is 0 Å². The van der Waals surface area contributed by atoms with Crippen LogP contribution in [0.15, 0.2) is 28.4 Å². The molecule has 1 rings (SSSR count). The quantitative estimate of drug-likeness (QED) is 0.684. The van der Waals surface area contributed by atoms with E-state index in [0.717, 1.165) is 11.3 Å². The standard InChI is InChI=1S/C10H15NO/c1-7(2)4-10(11)9-5-8(3)12-6-9/h4-6,10H,11H2,1-3H3. The van der Waals surface area contributed by atoms with Crippen molar-refractivity contribution in [2.45, 2.75) is 26.8 Å². The summed E-state index contributed by atoms with van der Waals surface area (Å²) in [6.45, 7) is 5.98. The van der Waals surface area contributed by atoms with Gasteiger partial charge in [0.1, 0.15) is 5.76 Å². The number of hydrogen-bond acceptors (Lipinski definition) is 2. The minimum absolute atomic E-state index is 0.0348. The molecule has 1 atom stereocenters. The molecule has 0 fully saturated rings. The van der Waals surface area contributed by atoms with E-state index in [1.54, 1.807) is 6.26 Å². The summed E-state index contributed by atoms with van der Waals surface area (Å²) in [6.07, 6.45) is 3.73. The van der Waals surface area contributed by atoms with Crippen molar-refractivity contribution in [1.29, 1.82) is 0 Å². The van der Waals surface area contributed by atoms with Crippen LogP contribution in [0, 0.1) is 6.92 Å². The second-order valence-electron chi connectivity index (χ2n) is 3.26. The Morgan fingerprint density at radius 3 is 2.67 bits per heavy atom. The molecule has 0 saturated carbocycles. The van der Waals surface area contributed by atoms with Crippen LogP contribution in [0.2, 0.25) is 0 Å². The van der Waals surface area contributed by atoms with Crippen LogP contribution in [0.4, 0.5) is 0 Å². The lowest BCUT2D eigenvalue weighted by atomic mass is 10.1. The number of rotatable bonds is 2. The summed E-state index contributed by atoms with van der Waals surface area (Å²) in [6, 6.07) is 1.93. The molecule has 1 heterocycles. The number of aryl methyl sites for hydroxylation is 1. The van der Waals surface area contributed by atoms with Gasteiger partial charge in [-0.25, -0.2) is 0 Å². The predicted octanol–water partition coefficient (Wildman–Crippen LogP) is 2.55. The van der Waals surface area contributed by atoms with Crippen LogP contribution in [0.5, 0.6) is 0 Å². The van der Waals surface area contributed by atoms with Gasteiger partial charge in [0, 0.05) is 5.56 Å². The van der Waals surface area contributed by atoms with Crippen LogP contribution in [-0.2, 0) is 0 Å². The summed E-state index contributed by atoms with van der Waals surface area (Å²) in [5.74, 6) is 0.905. The summed E-state index contributed by atoms with van der Waals surface area (Å²) in [5.41, 5.74) is 8.13. The van der Waals surface area contributed by atoms with Gasteiger partial charge in [0.25, 0.3) is 0 Å². The Labute approximate surface area is 73.1 Å². The van der Waals surface area contributed by atoms with E-state index in [1.165, 1.54) is 5.57 Å². The fraction of sp³-hybridized carbons (Fsp3) is 0.400. The smallest absolute Gasteiger partial charge is 0.101 e. The van der Waals surface area contributed by atoms with E-state index in [2.05, 4.69) is 0 Å². The summed E-state index contributed by atoms with van der Waals surface area (Å²) in [4.78, 5) is 0. The minimum atomic E-state index is -0.0348. The average Bonchev–Trinajstić information content (AvgIpc) is 2.34. The van der Waals surface area contributed by atoms with Crippen molar-refractivity contribution >= 4 is 0 Å². The van der Waals surface area contributed by atoms with Gasteiger partial charge in [0.15, 0.2) is 0 Å². The summed E-state index contributed by atoms with van der Waals surface area (Å²) in [5, 5.41) is 0. The van der Waals surface area contributed by atoms with Gasteiger partial charge in [-0.05, 0) is 26.8 Å². The van der Waals surface area contributed by atoms with E-state index in [0.29, 0.717) is 0 Å². The molecule has 0 bridgehead atoms. The van der Waals surface area contributed by atoms with Gasteiger partial charge in [-0.15, -0.1) is 0 Å². The maximum Gasteiger partial charge on any atom is 0.101 e. The van der Waals surface area contributed by atoms with Crippen LogP contribution in [0.3, 0.4) is 0 Å². The van der Waals surface area contributed by atoms with Crippen LogP contribution >= 0.6 is 0 Å². The predicted molar refractivity (Wildman–Crippen MR) is 49.8 cm³/mol. The van der Waals surface area contributed by atoms with Gasteiger partial charge in [0.2, 0.25) is 0 Å². The summed E-state index contributed by atoms with van der Waals surface area (Å²) in [7, 11) is 0. The maximum absolute atomic E-state index is 5.87. The lowest BCUT2D eigenvalue weighted by Crippen LogP contribution is -2.05. The fourth-order valence-electron chi connectivity index (χ4n) is 1.09. The first kappa shape index (κ1) is 9.07. The van der Waals surface area contributed by atoms with Crippen molar-refractivity contribution in [2.75, 3.05) is 0 Å². The van der Waals surface area contributed by atoms with Crippen molar-refractivity contribution < 1.29 is 4.42 Å². The molecule has 2 nitrogen and oxygen atoms in total. The topological polar surface area (TPSA) is 39.2 Å². The van der Waals surface area contributed by atoms with Gasteiger partial charge in [0.05, 0.1) is 12.3 Å². The first-order valence-electron chi connectivity index (χ1n) is 4.05. The van der Waals surface area contributed by atoms with Gasteiger partial charge in [-0.1, -0.05) is 11.6 Å². The summed E-state index contributed by atoms with van der Waals surface area (Å²) >= 11 is 0. The number of hydrogen-bond donors (Lipinski definition) is 1. The molecule has 1 aromatic rings. The number of nitrogens with two attached hydrogens (primary N) is 1. The van der Waals surface area contributed by atoms with Crippen LogP contribution in [0.1, 0.15) is 31.2 Å². The maximum atomic E-state index is 5.87. The zero-order chi connectivity index (χ0) is 9.14. The van der Waals surface area contributed by atoms with Crippen LogP contribution in [0.25, 0.3) is 0 Å². The van der Waals surface area contributed by atoms with E-state index < -0.39 is 0 Å². The molecule has 0 amide bonds. The third-order valence-electron chi connectivity index (χ3n) is 1.65. The Kier molecular flexibility index (Phi) is 2.71. The highest BCUT2D eigenvalue weighted by Crippen LogP contribution is 2.16. The van der Waals surface area contributed by atoms with Gasteiger partial charge in [-0.2, -0.15) is 0 Å². The molecular weight excluding hydrogens is 150 g/mol. The molecule has 1 aromatic heterocycles. The van der Waals surface area contributed by atoms with E-state index in [9.17, 15) is 0 Å². The van der Waals surface area contributed by atoms with Crippen molar-refractivity contribution in [3.8, 4) is 0 Å². The molecule has 0 spiro atoms. The molecule has 12 heavy (non-hydrogen) atoms. The molecular formula is C10H15NO. The van der Waals surface area contributed by atoms with Gasteiger partial charge >= 0.3 is 0 Å². The molecule has 0 saturated heterocycles. The van der Waals surface area contributed by atoms with E-state index in [-0.39, 0.29) is 6.04 Å². The molecule has 0 aromatic carbocycles. The lowest BCUT2D eigenvalue weighted by molar-refractivity contribution is 0.530. The average molecular weight is 165 g/mol. The SMILES string of the molecule is CC(C)=CC(N)c1coc(C)c1. The zero-order valence-corrected chi connectivity index (χ0v) is 7.79. The molecule has 2 heteroatoms. The highest BCUT2D eigenvalue weighted by molar-refractivity contribution is 5.21. The van der Waals surface area contributed by atoms with Crippen molar-refractivity contribution in [3.05, 3.63) is 35.3 Å². The Balaban J connectivity index is 2.78. The summed E-state index contributed by atoms with van der Waals surface area (Å²) < 4.78 is 5.16. The minimum Gasteiger partial charge on any atom is -0.469 e. The van der Waals surface area contributed by atoms with Crippen LogP contribution in [-0.4, -0.2) is 0 Å². The third-order valence-corrected chi connectivity index (χ3v) is 1.65. The van der Waals surface area contributed by atoms with E-state index in [4.69, 9.17) is 10.2 Å². The Bertz CT molecular complexity index is 282. The molecule has 2 N–H and O–H groups in total. The van der Waals surface area contributed by atoms with E-state index in [1.807, 2.05) is 32.9 Å². The fourth-order valence-corrected chi connectivity index (χ4v) is 1.09. The Morgan fingerprint density at radius 2 is 2.25 bits per heavy atom. The van der Waals surface area contributed by atoms with Crippen LogP contribution < -0.4 is 5.73 Å². The van der Waals surface area contributed by atoms with Gasteiger partial charge < -0.3 is 10.2 Å². The second-order valence-corrected chi connectivity index (χ2v) is 3.26. The molecule has 0 aliphatic heterocycles. The molecule has 0 aliphatic rings. The molecule has 0 aliphatic carbocycles. The largest absolute Gasteiger partial charge is 0.469 e. The Morgan fingerprint density at radius 1 is 1.58 bits per heavy atom. The molecule has 66 valence electrons. The molecule has 0 radical (unpaired) electrons. The van der Waals surface area contributed by atoms with E-state index >= 15 is 0 Å². The third kappa shape index (κ3) is 2.24. The zero-order valence-electron chi connectivity index (χ0n) is 7.79. The normalized spacial score (nSPS) is 12.7. The lowest BCUT2D eigenvalue weighted by Gasteiger charge is -2.02. The van der Waals surface area contributed by atoms with Gasteiger partial charge in [-0.3, -0.25) is 0 Å². The number of allylic oxidation sites excluding steroid dienone is 1.